The van der Waals surface area contributed by atoms with Crippen LogP contribution in [0.1, 0.15) is 18.4 Å². The first-order valence-corrected chi connectivity index (χ1v) is 6.72. The Morgan fingerprint density at radius 1 is 1.58 bits per heavy atom. The van der Waals surface area contributed by atoms with Gasteiger partial charge in [0, 0.05) is 18.8 Å². The number of hydrogen-bond donors (Lipinski definition) is 1. The van der Waals surface area contributed by atoms with E-state index in [1.807, 2.05) is 18.2 Å². The molecule has 0 aliphatic heterocycles. The molecule has 0 bridgehead atoms. The van der Waals surface area contributed by atoms with Crippen molar-refractivity contribution in [1.29, 1.82) is 0 Å². The van der Waals surface area contributed by atoms with Gasteiger partial charge in [-0.05, 0) is 34.8 Å². The minimum Gasteiger partial charge on any atom is -0.501 e. The molecule has 1 fully saturated rings. The first-order valence-electron chi connectivity index (χ1n) is 5.93. The molecule has 0 amide bonds. The Kier molecular flexibility index (Phi) is 4.23. The van der Waals surface area contributed by atoms with E-state index in [2.05, 4.69) is 25.8 Å². The minimum atomic E-state index is 0.256. The van der Waals surface area contributed by atoms with Crippen LogP contribution in [0.4, 0.5) is 5.69 Å². The molecule has 0 spiro atoms. The van der Waals surface area contributed by atoms with Crippen LogP contribution < -0.4 is 10.5 Å². The lowest BCUT2D eigenvalue weighted by Crippen LogP contribution is -2.05. The first-order chi connectivity index (χ1) is 9.21. The molecule has 0 atom stereocenters. The van der Waals surface area contributed by atoms with Crippen LogP contribution in [0.25, 0.3) is 4.85 Å². The molecule has 2 rings (SSSR count). The maximum atomic E-state index is 7.38. The van der Waals surface area contributed by atoms with E-state index in [9.17, 15) is 0 Å². The lowest BCUT2D eigenvalue weighted by molar-refractivity contribution is 0.305. The maximum absolute atomic E-state index is 7.38. The second-order valence-electron chi connectivity index (χ2n) is 4.17. The number of nitrogens with zero attached hydrogens (tertiary/aromatic N) is 2. The summed E-state index contributed by atoms with van der Waals surface area (Å²) in [5.74, 6) is 0.619. The number of hydrogen-bond acceptors (Lipinski definition) is 3. The van der Waals surface area contributed by atoms with Crippen molar-refractivity contribution in [2.75, 3.05) is 7.05 Å². The molecule has 2 N–H and O–H groups in total. The number of nitrogens with two attached hydrogens (primary N) is 1. The molecule has 1 aliphatic carbocycles. The Morgan fingerprint density at radius 3 is 2.84 bits per heavy atom. The van der Waals surface area contributed by atoms with E-state index in [-0.39, 0.29) is 6.10 Å². The van der Waals surface area contributed by atoms with E-state index >= 15 is 0 Å². The van der Waals surface area contributed by atoms with Crippen molar-refractivity contribution >= 4 is 27.3 Å². The molecule has 0 saturated heterocycles. The predicted octanol–water partition coefficient (Wildman–Crippen LogP) is 3.39. The van der Waals surface area contributed by atoms with Gasteiger partial charge >= 0.3 is 0 Å². The summed E-state index contributed by atoms with van der Waals surface area (Å²) in [6, 6.07) is 5.53. The third-order valence-electron chi connectivity index (χ3n) is 2.78. The van der Waals surface area contributed by atoms with Gasteiger partial charge in [-0.25, -0.2) is 4.85 Å². The fraction of sp³-hybridized carbons (Fsp3) is 0.286. The normalized spacial score (nSPS) is 16.1. The van der Waals surface area contributed by atoms with E-state index in [4.69, 9.17) is 17.0 Å². The SMILES string of the molecule is [C-]#[N+]c1c(OC2CC2)cccc1C(=NC)C(Br)=CN. The average molecular weight is 320 g/mol. The topological polar surface area (TPSA) is 52.0 Å². The molecule has 1 aromatic rings. The molecule has 1 saturated carbocycles. The molecule has 4 nitrogen and oxygen atoms in total. The van der Waals surface area contributed by atoms with Crippen LogP contribution >= 0.6 is 15.9 Å². The van der Waals surface area contributed by atoms with Gasteiger partial charge in [-0.3, -0.25) is 4.99 Å². The largest absolute Gasteiger partial charge is 0.501 e. The second-order valence-corrected chi connectivity index (χ2v) is 5.02. The summed E-state index contributed by atoms with van der Waals surface area (Å²) >= 11 is 3.35. The molecular formula is C14H14BrN3O. The number of halogens is 1. The van der Waals surface area contributed by atoms with Crippen LogP contribution in [0.15, 0.2) is 33.9 Å². The third kappa shape index (κ3) is 2.96. The lowest BCUT2D eigenvalue weighted by Gasteiger charge is -2.12. The highest BCUT2D eigenvalue weighted by Gasteiger charge is 2.25. The number of aliphatic imine (C=N–C) groups is 1. The molecular weight excluding hydrogens is 306 g/mol. The Hall–Kier alpha value is -1.80. The van der Waals surface area contributed by atoms with Crippen molar-refractivity contribution in [3.63, 3.8) is 0 Å². The van der Waals surface area contributed by atoms with Crippen LogP contribution in [0.2, 0.25) is 0 Å². The highest BCUT2D eigenvalue weighted by Crippen LogP contribution is 2.37. The van der Waals surface area contributed by atoms with Crippen LogP contribution in [-0.2, 0) is 0 Å². The predicted molar refractivity (Wildman–Crippen MR) is 80.0 cm³/mol. The average Bonchev–Trinajstić information content (AvgIpc) is 3.23. The Labute approximate surface area is 120 Å². The van der Waals surface area contributed by atoms with Crippen molar-refractivity contribution in [1.82, 2.24) is 0 Å². The van der Waals surface area contributed by atoms with Gasteiger partial charge < -0.3 is 10.5 Å². The Bertz CT molecular complexity index is 583. The van der Waals surface area contributed by atoms with E-state index in [1.165, 1.54) is 6.20 Å². The summed E-state index contributed by atoms with van der Waals surface area (Å²) in [5.41, 5.74) is 7.36. The number of benzene rings is 1. The summed E-state index contributed by atoms with van der Waals surface area (Å²) in [6.45, 7) is 7.38. The summed E-state index contributed by atoms with van der Waals surface area (Å²) in [6.07, 6.45) is 3.79. The number of ether oxygens (including phenoxy) is 1. The molecule has 0 heterocycles. The van der Waals surface area contributed by atoms with Crippen LogP contribution in [0.3, 0.4) is 0 Å². The van der Waals surface area contributed by atoms with Gasteiger partial charge in [0.1, 0.15) is 5.75 Å². The molecule has 5 heteroatoms. The number of para-hydroxylation sites is 1. The first kappa shape index (κ1) is 13.6. The van der Waals surface area contributed by atoms with Crippen molar-refractivity contribution in [2.24, 2.45) is 10.7 Å². The van der Waals surface area contributed by atoms with Gasteiger partial charge in [-0.2, -0.15) is 0 Å². The molecule has 0 aromatic heterocycles. The van der Waals surface area contributed by atoms with Gasteiger partial charge in [-0.1, -0.05) is 12.1 Å². The number of rotatable bonds is 4. The lowest BCUT2D eigenvalue weighted by atomic mass is 10.1. The summed E-state index contributed by atoms with van der Waals surface area (Å²) in [4.78, 5) is 7.79. The quantitative estimate of drug-likeness (QED) is 0.683. The van der Waals surface area contributed by atoms with Gasteiger partial charge in [0.15, 0.2) is 0 Å². The van der Waals surface area contributed by atoms with Gasteiger partial charge in [0.2, 0.25) is 5.69 Å². The van der Waals surface area contributed by atoms with E-state index in [0.29, 0.717) is 21.6 Å². The molecule has 0 radical (unpaired) electrons. The second kappa shape index (κ2) is 5.89. The zero-order valence-electron chi connectivity index (χ0n) is 10.6. The minimum absolute atomic E-state index is 0.256. The molecule has 19 heavy (non-hydrogen) atoms. The smallest absolute Gasteiger partial charge is 0.237 e. The Morgan fingerprint density at radius 2 is 2.32 bits per heavy atom. The zero-order chi connectivity index (χ0) is 13.8. The van der Waals surface area contributed by atoms with Crippen LogP contribution in [0.5, 0.6) is 5.75 Å². The zero-order valence-corrected chi connectivity index (χ0v) is 12.1. The van der Waals surface area contributed by atoms with Gasteiger partial charge in [0.25, 0.3) is 0 Å². The maximum Gasteiger partial charge on any atom is 0.237 e. The standard InChI is InChI=1S/C14H14BrN3O/c1-17-13(11(15)8-16)10-4-3-5-12(14(10)18-2)19-9-6-7-9/h3-5,8-9H,6-7,16H2,1H3. The van der Waals surface area contributed by atoms with Gasteiger partial charge in [0.05, 0.1) is 22.9 Å². The number of allylic oxidation sites excluding steroid dienone is 1. The van der Waals surface area contributed by atoms with E-state index in [1.54, 1.807) is 7.05 Å². The summed E-state index contributed by atoms with van der Waals surface area (Å²) in [5, 5.41) is 0. The Balaban J connectivity index is 2.47. The van der Waals surface area contributed by atoms with Crippen LogP contribution in [0, 0.1) is 6.57 Å². The third-order valence-corrected chi connectivity index (χ3v) is 3.42. The molecule has 1 aromatic carbocycles. The monoisotopic (exact) mass is 319 g/mol. The van der Waals surface area contributed by atoms with Crippen LogP contribution in [-0.4, -0.2) is 18.9 Å². The molecule has 1 aliphatic rings. The highest BCUT2D eigenvalue weighted by atomic mass is 79.9. The molecule has 0 unspecified atom stereocenters. The van der Waals surface area contributed by atoms with E-state index in [0.717, 1.165) is 18.4 Å². The molecule has 98 valence electrons. The summed E-state index contributed by atoms with van der Waals surface area (Å²) < 4.78 is 6.42. The fourth-order valence-electron chi connectivity index (χ4n) is 1.72. The fourth-order valence-corrected chi connectivity index (χ4v) is 2.12. The summed E-state index contributed by atoms with van der Waals surface area (Å²) in [7, 11) is 1.67. The van der Waals surface area contributed by atoms with Gasteiger partial charge in [-0.15, -0.1) is 0 Å². The van der Waals surface area contributed by atoms with Crippen molar-refractivity contribution < 1.29 is 4.74 Å². The highest BCUT2D eigenvalue weighted by molar-refractivity contribution is 9.12. The van der Waals surface area contributed by atoms with E-state index < -0.39 is 0 Å². The van der Waals surface area contributed by atoms with Crippen molar-refractivity contribution in [3.8, 4) is 5.75 Å². The van der Waals surface area contributed by atoms with Crippen molar-refractivity contribution in [3.05, 3.63) is 45.9 Å². The van der Waals surface area contributed by atoms with Crippen molar-refractivity contribution in [2.45, 2.75) is 18.9 Å².